The largest absolute Gasteiger partial charge is 0.227 e. The summed E-state index contributed by atoms with van der Waals surface area (Å²) in [6.45, 7) is 11.9. The number of hydrogen-bond acceptors (Lipinski definition) is 2. The van der Waals surface area contributed by atoms with E-state index in [2.05, 4.69) is 32.9 Å². The Hall–Kier alpha value is -0.830. The van der Waals surface area contributed by atoms with Gasteiger partial charge in [0.2, 0.25) is 0 Å². The predicted molar refractivity (Wildman–Crippen MR) is 87.6 cm³/mol. The Morgan fingerprint density at radius 3 is 2.35 bits per heavy atom. The van der Waals surface area contributed by atoms with E-state index in [1.165, 1.54) is 11.1 Å². The summed E-state index contributed by atoms with van der Waals surface area (Å²) < 4.78 is 24.2. The van der Waals surface area contributed by atoms with E-state index in [-0.39, 0.29) is 5.25 Å². The van der Waals surface area contributed by atoms with Gasteiger partial charge in [0.05, 0.1) is 10.00 Å². The van der Waals surface area contributed by atoms with Crippen LogP contribution in [0.1, 0.15) is 60.8 Å². The first-order valence-corrected chi connectivity index (χ1v) is 8.87. The summed E-state index contributed by atoms with van der Waals surface area (Å²) in [5.41, 5.74) is 3.58. The Balaban J connectivity index is 2.78. The predicted octanol–water partition coefficient (Wildman–Crippen LogP) is 4.59. The standard InChI is InChI=1S/C17H28O2S/c1-13(2)8-7-9-14(3)10-11-17(6)15(4)12-16(5)20(17,18)19/h8,10,12,16H,7,9,11H2,1-6H3/b14-10+/t16-,17-/m0/s1. The molecule has 1 heterocycles. The second-order valence-corrected chi connectivity index (χ2v) is 9.14. The lowest BCUT2D eigenvalue weighted by molar-refractivity contribution is 0.559. The molecule has 0 radical (unpaired) electrons. The summed E-state index contributed by atoms with van der Waals surface area (Å²) in [5, 5.41) is -0.355. The van der Waals surface area contributed by atoms with Crippen LogP contribution in [0.3, 0.4) is 0 Å². The van der Waals surface area contributed by atoms with E-state index in [9.17, 15) is 8.42 Å². The van der Waals surface area contributed by atoms with Crippen molar-refractivity contribution in [2.75, 3.05) is 0 Å². The zero-order chi connectivity index (χ0) is 15.6. The van der Waals surface area contributed by atoms with Crippen LogP contribution < -0.4 is 0 Å². The molecule has 1 aliphatic heterocycles. The van der Waals surface area contributed by atoms with Gasteiger partial charge in [-0.25, -0.2) is 8.42 Å². The maximum atomic E-state index is 12.5. The lowest BCUT2D eigenvalue weighted by Crippen LogP contribution is -2.35. The van der Waals surface area contributed by atoms with Crippen molar-refractivity contribution < 1.29 is 8.42 Å². The molecule has 0 amide bonds. The molecule has 1 rings (SSSR count). The molecule has 20 heavy (non-hydrogen) atoms. The van der Waals surface area contributed by atoms with Crippen LogP contribution in [0.15, 0.2) is 34.9 Å². The Labute approximate surface area is 124 Å². The number of hydrogen-bond donors (Lipinski definition) is 0. The second-order valence-electron chi connectivity index (χ2n) is 6.41. The lowest BCUT2D eigenvalue weighted by Gasteiger charge is -2.25. The van der Waals surface area contributed by atoms with Gasteiger partial charge in [-0.15, -0.1) is 0 Å². The van der Waals surface area contributed by atoms with Crippen LogP contribution in [0.4, 0.5) is 0 Å². The zero-order valence-electron chi connectivity index (χ0n) is 13.7. The van der Waals surface area contributed by atoms with Crippen molar-refractivity contribution >= 4 is 9.84 Å². The molecule has 114 valence electrons. The number of sulfone groups is 1. The highest BCUT2D eigenvalue weighted by molar-refractivity contribution is 7.94. The van der Waals surface area contributed by atoms with Crippen molar-refractivity contribution in [1.82, 2.24) is 0 Å². The highest BCUT2D eigenvalue weighted by Crippen LogP contribution is 2.40. The highest BCUT2D eigenvalue weighted by atomic mass is 32.2. The molecule has 0 saturated carbocycles. The fourth-order valence-electron chi connectivity index (χ4n) is 2.59. The van der Waals surface area contributed by atoms with E-state index >= 15 is 0 Å². The molecule has 0 saturated heterocycles. The summed E-state index contributed by atoms with van der Waals surface area (Å²) in [7, 11) is -3.09. The Morgan fingerprint density at radius 1 is 1.30 bits per heavy atom. The molecule has 0 aliphatic carbocycles. The summed E-state index contributed by atoms with van der Waals surface area (Å²) in [6, 6.07) is 0. The summed E-state index contributed by atoms with van der Waals surface area (Å²) >= 11 is 0. The van der Waals surface area contributed by atoms with Gasteiger partial charge in [0.1, 0.15) is 0 Å². The molecule has 0 spiro atoms. The maximum Gasteiger partial charge on any atom is 0.165 e. The van der Waals surface area contributed by atoms with Crippen LogP contribution in [0, 0.1) is 0 Å². The molecule has 0 fully saturated rings. The third kappa shape index (κ3) is 3.43. The Bertz CT molecular complexity index is 546. The SMILES string of the molecule is CC(C)=CCC/C(C)=C/C[C@@]1(C)C(C)=C[C@H](C)S1(=O)=O. The van der Waals surface area contributed by atoms with Crippen LogP contribution >= 0.6 is 0 Å². The number of rotatable bonds is 5. The fraction of sp³-hybridized carbons (Fsp3) is 0.647. The smallest absolute Gasteiger partial charge is 0.165 e. The third-order valence-electron chi connectivity index (χ3n) is 4.37. The van der Waals surface area contributed by atoms with Crippen molar-refractivity contribution in [3.05, 3.63) is 34.9 Å². The molecule has 0 aromatic carbocycles. The Kier molecular flexibility index (Phi) is 5.42. The molecule has 0 bridgehead atoms. The van der Waals surface area contributed by atoms with Crippen LogP contribution in [-0.4, -0.2) is 18.4 Å². The van der Waals surface area contributed by atoms with Crippen molar-refractivity contribution in [3.63, 3.8) is 0 Å². The molecule has 1 aliphatic rings. The van der Waals surface area contributed by atoms with Gasteiger partial charge >= 0.3 is 0 Å². The zero-order valence-corrected chi connectivity index (χ0v) is 14.5. The molecule has 2 atom stereocenters. The van der Waals surface area contributed by atoms with Crippen molar-refractivity contribution in [3.8, 4) is 0 Å². The molecule has 3 heteroatoms. The van der Waals surface area contributed by atoms with Gasteiger partial charge in [0.15, 0.2) is 9.84 Å². The second kappa shape index (κ2) is 6.30. The van der Waals surface area contributed by atoms with E-state index in [1.54, 1.807) is 6.92 Å². The minimum Gasteiger partial charge on any atom is -0.227 e. The van der Waals surface area contributed by atoms with E-state index < -0.39 is 14.6 Å². The minimum absolute atomic E-state index is 0.355. The van der Waals surface area contributed by atoms with E-state index in [4.69, 9.17) is 0 Å². The van der Waals surface area contributed by atoms with Gasteiger partial charge in [-0.2, -0.15) is 0 Å². The molecule has 0 aromatic rings. The minimum atomic E-state index is -3.09. The van der Waals surface area contributed by atoms with Gasteiger partial charge in [-0.3, -0.25) is 0 Å². The monoisotopic (exact) mass is 296 g/mol. The van der Waals surface area contributed by atoms with E-state index in [1.807, 2.05) is 19.9 Å². The molecule has 0 unspecified atom stereocenters. The van der Waals surface area contributed by atoms with E-state index in [0.29, 0.717) is 6.42 Å². The molecule has 2 nitrogen and oxygen atoms in total. The van der Waals surface area contributed by atoms with E-state index in [0.717, 1.165) is 18.4 Å². The average molecular weight is 296 g/mol. The first kappa shape index (κ1) is 17.2. The first-order chi connectivity index (χ1) is 9.11. The van der Waals surface area contributed by atoms with Gasteiger partial charge in [-0.05, 0) is 60.8 Å². The van der Waals surface area contributed by atoms with Gasteiger partial charge in [0.25, 0.3) is 0 Å². The first-order valence-electron chi connectivity index (χ1n) is 7.32. The summed E-state index contributed by atoms with van der Waals surface area (Å²) in [4.78, 5) is 0. The van der Waals surface area contributed by atoms with Crippen molar-refractivity contribution in [1.29, 1.82) is 0 Å². The fourth-order valence-corrected chi connectivity index (χ4v) is 4.63. The number of allylic oxidation sites excluding steroid dienone is 4. The maximum absolute atomic E-state index is 12.5. The lowest BCUT2D eigenvalue weighted by atomic mass is 9.95. The van der Waals surface area contributed by atoms with Crippen LogP contribution in [0.2, 0.25) is 0 Å². The quantitative estimate of drug-likeness (QED) is 0.695. The van der Waals surface area contributed by atoms with Crippen molar-refractivity contribution in [2.24, 2.45) is 0 Å². The van der Waals surface area contributed by atoms with Crippen LogP contribution in [0.25, 0.3) is 0 Å². The molecular formula is C17H28O2S. The van der Waals surface area contributed by atoms with Gasteiger partial charge in [0, 0.05) is 0 Å². The molecular weight excluding hydrogens is 268 g/mol. The summed E-state index contributed by atoms with van der Waals surface area (Å²) in [5.74, 6) is 0. The average Bonchev–Trinajstić information content (AvgIpc) is 2.48. The summed E-state index contributed by atoms with van der Waals surface area (Å²) in [6.07, 6.45) is 8.83. The topological polar surface area (TPSA) is 34.1 Å². The highest BCUT2D eigenvalue weighted by Gasteiger charge is 2.47. The van der Waals surface area contributed by atoms with Crippen LogP contribution in [-0.2, 0) is 9.84 Å². The Morgan fingerprint density at radius 2 is 1.90 bits per heavy atom. The third-order valence-corrected chi connectivity index (χ3v) is 7.23. The normalized spacial score (nSPS) is 29.2. The molecule has 0 aromatic heterocycles. The van der Waals surface area contributed by atoms with Gasteiger partial charge < -0.3 is 0 Å². The van der Waals surface area contributed by atoms with Crippen LogP contribution in [0.5, 0.6) is 0 Å². The van der Waals surface area contributed by atoms with Gasteiger partial charge in [-0.1, -0.05) is 34.9 Å². The molecule has 0 N–H and O–H groups in total. The van der Waals surface area contributed by atoms with Crippen molar-refractivity contribution in [2.45, 2.75) is 70.8 Å².